The Kier molecular flexibility index (Phi) is 3.00. The van der Waals surface area contributed by atoms with Gasteiger partial charge in [-0.3, -0.25) is 4.79 Å². The fraction of sp³-hybridized carbons (Fsp3) is 0. The fourth-order valence-electron chi connectivity index (χ4n) is 1.33. The molecule has 1 heterocycles. The van der Waals surface area contributed by atoms with Crippen LogP contribution in [0.5, 0.6) is 0 Å². The lowest BCUT2D eigenvalue weighted by atomic mass is 10.2. The van der Waals surface area contributed by atoms with Crippen molar-refractivity contribution in [2.45, 2.75) is 0 Å². The molecule has 0 unspecified atom stereocenters. The number of benzene rings is 1. The Morgan fingerprint density at radius 2 is 1.94 bits per heavy atom. The van der Waals surface area contributed by atoms with E-state index in [2.05, 4.69) is 10.3 Å². The van der Waals surface area contributed by atoms with Gasteiger partial charge in [0.25, 0.3) is 5.91 Å². The van der Waals surface area contributed by atoms with Gasteiger partial charge in [-0.15, -0.1) is 0 Å². The monoisotopic (exact) mass is 231 g/mol. The van der Waals surface area contributed by atoms with Crippen LogP contribution >= 0.6 is 0 Å². The number of carbonyl (C=O) groups excluding carboxylic acids is 1. The molecule has 0 bridgehead atoms. The Morgan fingerprint density at radius 3 is 2.59 bits per heavy atom. The maximum absolute atomic E-state index is 12.7. The van der Waals surface area contributed by atoms with Crippen LogP contribution in [0.1, 0.15) is 10.5 Å². The van der Waals surface area contributed by atoms with Gasteiger partial charge in [-0.2, -0.15) is 0 Å². The zero-order valence-electron chi connectivity index (χ0n) is 8.85. The van der Waals surface area contributed by atoms with Gasteiger partial charge >= 0.3 is 0 Å². The number of halogens is 1. The van der Waals surface area contributed by atoms with Crippen molar-refractivity contribution in [2.24, 2.45) is 0 Å². The number of nitrogens with one attached hydrogen (secondary N) is 1. The van der Waals surface area contributed by atoms with E-state index >= 15 is 0 Å². The number of nitrogens with zero attached hydrogens (tertiary/aromatic N) is 1. The number of rotatable bonds is 2. The topological polar surface area (TPSA) is 68.0 Å². The second-order valence-electron chi connectivity index (χ2n) is 3.40. The van der Waals surface area contributed by atoms with E-state index in [0.29, 0.717) is 11.4 Å². The molecule has 1 aromatic carbocycles. The van der Waals surface area contributed by atoms with Crippen molar-refractivity contribution in [2.75, 3.05) is 11.1 Å². The lowest BCUT2D eigenvalue weighted by Crippen LogP contribution is -2.15. The van der Waals surface area contributed by atoms with Crippen LogP contribution in [0.15, 0.2) is 42.6 Å². The number of amides is 1. The largest absolute Gasteiger partial charge is 0.397 e. The first-order valence-corrected chi connectivity index (χ1v) is 4.94. The molecular weight excluding hydrogens is 221 g/mol. The molecule has 0 aliphatic heterocycles. The number of aromatic nitrogens is 1. The lowest BCUT2D eigenvalue weighted by molar-refractivity contribution is 0.102. The summed E-state index contributed by atoms with van der Waals surface area (Å²) in [4.78, 5) is 15.7. The third kappa shape index (κ3) is 2.57. The van der Waals surface area contributed by atoms with Gasteiger partial charge in [0, 0.05) is 11.9 Å². The molecule has 0 radical (unpaired) electrons. The molecule has 4 nitrogen and oxygen atoms in total. The zero-order chi connectivity index (χ0) is 12.3. The molecule has 0 fully saturated rings. The van der Waals surface area contributed by atoms with Gasteiger partial charge in [-0.25, -0.2) is 9.37 Å². The van der Waals surface area contributed by atoms with E-state index < -0.39 is 5.91 Å². The van der Waals surface area contributed by atoms with Crippen molar-refractivity contribution >= 4 is 17.3 Å². The van der Waals surface area contributed by atoms with Gasteiger partial charge in [-0.05, 0) is 36.4 Å². The maximum Gasteiger partial charge on any atom is 0.276 e. The van der Waals surface area contributed by atoms with Gasteiger partial charge < -0.3 is 11.1 Å². The van der Waals surface area contributed by atoms with Gasteiger partial charge in [0.15, 0.2) is 5.69 Å². The highest BCUT2D eigenvalue weighted by atomic mass is 19.1. The van der Waals surface area contributed by atoms with E-state index in [9.17, 15) is 9.18 Å². The minimum Gasteiger partial charge on any atom is -0.397 e. The van der Waals surface area contributed by atoms with Crippen LogP contribution in [0.4, 0.5) is 15.8 Å². The number of hydrogen-bond donors (Lipinski definition) is 2. The first-order valence-electron chi connectivity index (χ1n) is 4.94. The van der Waals surface area contributed by atoms with E-state index in [-0.39, 0.29) is 11.5 Å². The predicted octanol–water partition coefficient (Wildman–Crippen LogP) is 2.06. The third-order valence-corrected chi connectivity index (χ3v) is 2.16. The van der Waals surface area contributed by atoms with E-state index in [1.807, 2.05) is 0 Å². The highest BCUT2D eigenvalue weighted by molar-refractivity contribution is 6.06. The first kappa shape index (κ1) is 11.1. The van der Waals surface area contributed by atoms with Crippen molar-refractivity contribution in [1.82, 2.24) is 4.98 Å². The zero-order valence-corrected chi connectivity index (χ0v) is 8.85. The van der Waals surface area contributed by atoms with E-state index in [1.165, 1.54) is 30.5 Å². The third-order valence-electron chi connectivity index (χ3n) is 2.16. The average Bonchev–Trinajstić information content (AvgIpc) is 2.32. The van der Waals surface area contributed by atoms with Crippen LogP contribution < -0.4 is 11.1 Å². The summed E-state index contributed by atoms with van der Waals surface area (Å²) in [5.41, 5.74) is 6.55. The van der Waals surface area contributed by atoms with Crippen LogP contribution in [0.3, 0.4) is 0 Å². The van der Waals surface area contributed by atoms with Crippen LogP contribution in [0.25, 0.3) is 0 Å². The van der Waals surface area contributed by atoms with Crippen molar-refractivity contribution < 1.29 is 9.18 Å². The summed E-state index contributed by atoms with van der Waals surface area (Å²) in [7, 11) is 0. The summed E-state index contributed by atoms with van der Waals surface area (Å²) < 4.78 is 12.7. The maximum atomic E-state index is 12.7. The average molecular weight is 231 g/mol. The van der Waals surface area contributed by atoms with Crippen molar-refractivity contribution in [3.05, 3.63) is 54.1 Å². The Bertz CT molecular complexity index is 540. The number of nitrogen functional groups attached to an aromatic ring is 1. The molecule has 1 amide bonds. The van der Waals surface area contributed by atoms with Gasteiger partial charge in [0.1, 0.15) is 5.82 Å². The molecule has 2 rings (SSSR count). The second-order valence-corrected chi connectivity index (χ2v) is 3.40. The molecule has 0 spiro atoms. The Hall–Kier alpha value is -2.43. The molecular formula is C12H10FN3O. The van der Waals surface area contributed by atoms with Gasteiger partial charge in [-0.1, -0.05) is 0 Å². The SMILES string of the molecule is Nc1cccnc1C(=O)Nc1ccc(F)cc1. The fourth-order valence-corrected chi connectivity index (χ4v) is 1.33. The van der Waals surface area contributed by atoms with Crippen LogP contribution in [-0.4, -0.2) is 10.9 Å². The van der Waals surface area contributed by atoms with E-state index in [0.717, 1.165) is 0 Å². The number of anilines is 2. The lowest BCUT2D eigenvalue weighted by Gasteiger charge is -2.06. The first-order chi connectivity index (χ1) is 8.16. The Balaban J connectivity index is 2.17. The molecule has 86 valence electrons. The van der Waals surface area contributed by atoms with Crippen molar-refractivity contribution in [3.63, 3.8) is 0 Å². The minimum atomic E-state index is -0.422. The molecule has 0 atom stereocenters. The quantitative estimate of drug-likeness (QED) is 0.831. The molecule has 2 aromatic rings. The normalized spacial score (nSPS) is 9.94. The summed E-state index contributed by atoms with van der Waals surface area (Å²) >= 11 is 0. The van der Waals surface area contributed by atoms with Gasteiger partial charge in [0.2, 0.25) is 0 Å². The number of carbonyl (C=O) groups is 1. The van der Waals surface area contributed by atoms with E-state index in [4.69, 9.17) is 5.73 Å². The van der Waals surface area contributed by atoms with E-state index in [1.54, 1.807) is 12.1 Å². The number of hydrogen-bond acceptors (Lipinski definition) is 3. The smallest absolute Gasteiger partial charge is 0.276 e. The summed E-state index contributed by atoms with van der Waals surface area (Å²) in [6, 6.07) is 8.68. The number of nitrogens with two attached hydrogens (primary N) is 1. The van der Waals surface area contributed by atoms with Crippen LogP contribution in [0, 0.1) is 5.82 Å². The van der Waals surface area contributed by atoms with Crippen LogP contribution in [0.2, 0.25) is 0 Å². The summed E-state index contributed by atoms with van der Waals surface area (Å²) in [6.45, 7) is 0. The molecule has 1 aromatic heterocycles. The highest BCUT2D eigenvalue weighted by Gasteiger charge is 2.10. The molecule has 0 aliphatic carbocycles. The Labute approximate surface area is 97.3 Å². The molecule has 0 saturated heterocycles. The highest BCUT2D eigenvalue weighted by Crippen LogP contribution is 2.12. The molecule has 0 saturated carbocycles. The van der Waals surface area contributed by atoms with Crippen LogP contribution in [-0.2, 0) is 0 Å². The summed E-state index contributed by atoms with van der Waals surface area (Å²) in [5, 5.41) is 2.58. The summed E-state index contributed by atoms with van der Waals surface area (Å²) in [5.74, 6) is -0.782. The van der Waals surface area contributed by atoms with Gasteiger partial charge in [0.05, 0.1) is 5.69 Å². The summed E-state index contributed by atoms with van der Waals surface area (Å²) in [6.07, 6.45) is 1.48. The van der Waals surface area contributed by atoms with Crippen molar-refractivity contribution in [1.29, 1.82) is 0 Å². The standard InChI is InChI=1S/C12H10FN3O/c13-8-3-5-9(6-4-8)16-12(17)11-10(14)2-1-7-15-11/h1-7H,14H2,(H,16,17). The minimum absolute atomic E-state index is 0.150. The molecule has 3 N–H and O–H groups in total. The molecule has 17 heavy (non-hydrogen) atoms. The molecule has 5 heteroatoms. The Morgan fingerprint density at radius 1 is 1.24 bits per heavy atom. The second kappa shape index (κ2) is 4.61. The molecule has 0 aliphatic rings. The number of pyridine rings is 1. The predicted molar refractivity (Wildman–Crippen MR) is 63.0 cm³/mol. The van der Waals surface area contributed by atoms with Crippen molar-refractivity contribution in [3.8, 4) is 0 Å².